The van der Waals surface area contributed by atoms with Crippen molar-refractivity contribution in [2.45, 2.75) is 84.4 Å². The van der Waals surface area contributed by atoms with Gasteiger partial charge in [-0.05, 0) is 110 Å². The molecule has 14 heteroatoms. The maximum absolute atomic E-state index is 13.8. The van der Waals surface area contributed by atoms with E-state index in [1.54, 1.807) is 26.5 Å². The van der Waals surface area contributed by atoms with Crippen molar-refractivity contribution in [1.82, 2.24) is 25.1 Å². The number of methoxy groups -OCH3 is 2. The Balaban J connectivity index is 0.954. The van der Waals surface area contributed by atoms with Gasteiger partial charge in [-0.1, -0.05) is 37.3 Å². The van der Waals surface area contributed by atoms with Crippen LogP contribution in [0.1, 0.15) is 90.0 Å². The molecule has 1 amide bonds. The zero-order valence-electron chi connectivity index (χ0n) is 35.2. The van der Waals surface area contributed by atoms with Crippen LogP contribution in [0.5, 0.6) is 5.75 Å². The molecule has 5 aromatic rings. The molecule has 1 aliphatic heterocycles. The van der Waals surface area contributed by atoms with Crippen LogP contribution in [-0.2, 0) is 29.0 Å². The van der Waals surface area contributed by atoms with Crippen molar-refractivity contribution in [3.63, 3.8) is 0 Å². The molecule has 5 aliphatic rings. The number of carbonyl (C=O) groups excluding carboxylic acids is 1. The summed E-state index contributed by atoms with van der Waals surface area (Å²) in [6.45, 7) is 11.6. The lowest BCUT2D eigenvalue weighted by Gasteiger charge is -2.69. The lowest BCUT2D eigenvalue weighted by Crippen LogP contribution is -2.64. The SMILES string of the molecule is COCCNCCO[C@]12C[C@@]3(C)C[C@](C)(C[C@@](Cn4ncc(-c5ccc(N6CCc7c(OC)ccc(C(=O)Nc8nc9ccccc9s8)c7C6)nc5C(=O)O)c4C)(C3)C1)C2. The second-order valence-electron chi connectivity index (χ2n) is 18.5. The van der Waals surface area contributed by atoms with Crippen molar-refractivity contribution in [3.8, 4) is 16.9 Å². The van der Waals surface area contributed by atoms with Crippen LogP contribution in [0, 0.1) is 23.2 Å². The van der Waals surface area contributed by atoms with Gasteiger partial charge in [0, 0.05) is 67.8 Å². The van der Waals surface area contributed by atoms with E-state index in [1.165, 1.54) is 17.8 Å². The minimum Gasteiger partial charge on any atom is -0.496 e. The zero-order chi connectivity index (χ0) is 41.9. The summed E-state index contributed by atoms with van der Waals surface area (Å²) < 4.78 is 20.9. The smallest absolute Gasteiger partial charge is 0.355 e. The van der Waals surface area contributed by atoms with E-state index in [-0.39, 0.29) is 33.4 Å². The molecule has 10 rings (SSSR count). The van der Waals surface area contributed by atoms with Gasteiger partial charge in [-0.2, -0.15) is 5.10 Å². The summed E-state index contributed by atoms with van der Waals surface area (Å²) in [4.78, 5) is 38.2. The Hall–Kier alpha value is -4.89. The third-order valence-electron chi connectivity index (χ3n) is 13.5. The fourth-order valence-electron chi connectivity index (χ4n) is 12.3. The quantitative estimate of drug-likeness (QED) is 0.0888. The monoisotopic (exact) mass is 833 g/mol. The molecule has 4 saturated carbocycles. The average Bonchev–Trinajstić information content (AvgIpc) is 3.78. The van der Waals surface area contributed by atoms with Crippen LogP contribution in [0.3, 0.4) is 0 Å². The minimum atomic E-state index is -1.10. The number of carbonyl (C=O) groups is 2. The van der Waals surface area contributed by atoms with Gasteiger partial charge in [-0.15, -0.1) is 0 Å². The highest BCUT2D eigenvalue weighted by Crippen LogP contribution is 2.72. The molecular weight excluding hydrogens is 779 g/mol. The Bertz CT molecular complexity index is 2410. The van der Waals surface area contributed by atoms with Gasteiger partial charge < -0.3 is 29.5 Å². The molecule has 4 fully saturated rings. The van der Waals surface area contributed by atoms with Crippen LogP contribution in [0.4, 0.5) is 10.9 Å². The van der Waals surface area contributed by atoms with Crippen molar-refractivity contribution >= 4 is 44.4 Å². The third-order valence-corrected chi connectivity index (χ3v) is 14.4. The van der Waals surface area contributed by atoms with Crippen LogP contribution in [0.2, 0.25) is 0 Å². The lowest BCUT2D eigenvalue weighted by atomic mass is 9.39. The van der Waals surface area contributed by atoms with E-state index >= 15 is 0 Å². The number of rotatable bonds is 15. The van der Waals surface area contributed by atoms with Gasteiger partial charge in [0.25, 0.3) is 5.91 Å². The normalized spacial score (nSPS) is 25.4. The number of ether oxygens (including phenoxy) is 3. The Morgan fingerprint density at radius 1 is 0.900 bits per heavy atom. The van der Waals surface area contributed by atoms with Gasteiger partial charge in [0.05, 0.1) is 42.3 Å². The highest BCUT2D eigenvalue weighted by molar-refractivity contribution is 7.22. The Kier molecular flexibility index (Phi) is 10.5. The van der Waals surface area contributed by atoms with Crippen molar-refractivity contribution in [2.24, 2.45) is 16.2 Å². The van der Waals surface area contributed by atoms with E-state index in [9.17, 15) is 14.7 Å². The first-order chi connectivity index (χ1) is 28.8. The number of hydrogen-bond acceptors (Lipinski definition) is 11. The number of nitrogens with zero attached hydrogens (tertiary/aromatic N) is 5. The number of thiazole rings is 1. The molecule has 316 valence electrons. The number of benzene rings is 2. The Morgan fingerprint density at radius 3 is 2.43 bits per heavy atom. The first-order valence-electron chi connectivity index (χ1n) is 21.0. The predicted octanol–water partition coefficient (Wildman–Crippen LogP) is 7.76. The molecule has 0 spiro atoms. The number of carboxylic acid groups (broad SMARTS) is 1. The molecule has 0 radical (unpaired) electrons. The summed E-state index contributed by atoms with van der Waals surface area (Å²) in [6, 6.07) is 15.1. The number of para-hydroxylation sites is 1. The molecule has 0 unspecified atom stereocenters. The van der Waals surface area contributed by atoms with Crippen LogP contribution in [-0.4, -0.2) is 89.4 Å². The molecular formula is C46H55N7O6S. The van der Waals surface area contributed by atoms with Crippen molar-refractivity contribution < 1.29 is 28.9 Å². The standard InChI is InChI=1S/C46H55N7O6S/c1-29-33(20-48-53(29)28-45-23-43(2)22-44(3,24-45)26-46(25-43,27-45)59-19-16-47-15-18-57-4)31-11-13-38(50-39(31)41(55)56)52-17-14-30-34(21-52)32(10-12-36(30)58-5)40(54)51-42-49-35-8-6-7-9-37(35)60-42/h6-13,20,47H,14-19,21-28H2,1-5H3,(H,55,56)(H,49,51,54)/t43-,44+,45-,46-. The van der Waals surface area contributed by atoms with E-state index in [0.29, 0.717) is 60.5 Å². The lowest BCUT2D eigenvalue weighted by molar-refractivity contribution is -0.247. The summed E-state index contributed by atoms with van der Waals surface area (Å²) in [5.74, 6) is -0.121. The fourth-order valence-corrected chi connectivity index (χ4v) is 13.2. The van der Waals surface area contributed by atoms with Gasteiger partial charge in [0.2, 0.25) is 0 Å². The summed E-state index contributed by atoms with van der Waals surface area (Å²) in [6.07, 6.45) is 9.07. The molecule has 3 aromatic heterocycles. The fraction of sp³-hybridized carbons (Fsp3) is 0.500. The maximum Gasteiger partial charge on any atom is 0.355 e. The van der Waals surface area contributed by atoms with Crippen molar-refractivity contribution in [2.75, 3.05) is 57.3 Å². The zero-order valence-corrected chi connectivity index (χ0v) is 36.0. The molecule has 2 aromatic carbocycles. The summed E-state index contributed by atoms with van der Waals surface area (Å²) in [5.41, 5.74) is 5.61. The average molecular weight is 834 g/mol. The Morgan fingerprint density at radius 2 is 1.68 bits per heavy atom. The van der Waals surface area contributed by atoms with E-state index in [4.69, 9.17) is 24.3 Å². The molecule has 13 nitrogen and oxygen atoms in total. The number of amides is 1. The number of hydrogen-bond donors (Lipinski definition) is 3. The van der Waals surface area contributed by atoms with Crippen molar-refractivity contribution in [1.29, 1.82) is 0 Å². The van der Waals surface area contributed by atoms with E-state index in [1.807, 2.05) is 54.3 Å². The van der Waals surface area contributed by atoms with Crippen molar-refractivity contribution in [3.05, 3.63) is 82.8 Å². The summed E-state index contributed by atoms with van der Waals surface area (Å²) in [7, 11) is 3.35. The molecule has 4 heterocycles. The first kappa shape index (κ1) is 40.5. The summed E-state index contributed by atoms with van der Waals surface area (Å²) >= 11 is 1.43. The van der Waals surface area contributed by atoms with Gasteiger partial charge in [0.15, 0.2) is 10.8 Å². The van der Waals surface area contributed by atoms with E-state index in [0.717, 1.165) is 84.3 Å². The highest BCUT2D eigenvalue weighted by atomic mass is 32.1. The molecule has 4 atom stereocenters. The first-order valence-corrected chi connectivity index (χ1v) is 21.9. The van der Waals surface area contributed by atoms with Gasteiger partial charge in [-0.3, -0.25) is 14.8 Å². The number of carboxylic acids is 1. The molecule has 3 N–H and O–H groups in total. The number of aromatic carboxylic acids is 1. The van der Waals surface area contributed by atoms with Gasteiger partial charge >= 0.3 is 5.97 Å². The molecule has 0 saturated heterocycles. The number of aromatic nitrogens is 4. The van der Waals surface area contributed by atoms with Crippen LogP contribution >= 0.6 is 11.3 Å². The van der Waals surface area contributed by atoms with Crippen LogP contribution in [0.15, 0.2) is 54.7 Å². The van der Waals surface area contributed by atoms with Crippen LogP contribution in [0.25, 0.3) is 21.3 Å². The van der Waals surface area contributed by atoms with Crippen LogP contribution < -0.4 is 20.3 Å². The molecule has 60 heavy (non-hydrogen) atoms. The Labute approximate surface area is 354 Å². The van der Waals surface area contributed by atoms with Gasteiger partial charge in [0.1, 0.15) is 11.6 Å². The maximum atomic E-state index is 13.8. The topological polar surface area (TPSA) is 153 Å². The summed E-state index contributed by atoms with van der Waals surface area (Å²) in [5, 5.41) is 22.5. The minimum absolute atomic E-state index is 0.0262. The number of pyridine rings is 1. The number of anilines is 2. The predicted molar refractivity (Wildman–Crippen MR) is 232 cm³/mol. The molecule has 4 bridgehead atoms. The van der Waals surface area contributed by atoms with Gasteiger partial charge in [-0.25, -0.2) is 14.8 Å². The second-order valence-corrected chi connectivity index (χ2v) is 19.5. The van der Waals surface area contributed by atoms with E-state index < -0.39 is 5.97 Å². The largest absolute Gasteiger partial charge is 0.496 e. The number of nitrogens with one attached hydrogen (secondary N) is 2. The highest BCUT2D eigenvalue weighted by Gasteiger charge is 2.66. The number of fused-ring (bicyclic) bond motifs is 2. The second kappa shape index (κ2) is 15.5. The van der Waals surface area contributed by atoms with E-state index in [2.05, 4.69) is 34.1 Å². The third kappa shape index (κ3) is 7.56. The molecule has 4 aliphatic carbocycles.